The largest absolute Gasteiger partial charge is 0.490 e. The van der Waals surface area contributed by atoms with Gasteiger partial charge in [0.2, 0.25) is 11.2 Å². The fourth-order valence-electron chi connectivity index (χ4n) is 3.51. The first-order valence-corrected chi connectivity index (χ1v) is 7.18. The third-order valence-corrected chi connectivity index (χ3v) is 4.48. The number of piperidine rings is 1. The molecule has 0 radical (unpaired) electrons. The van der Waals surface area contributed by atoms with Crippen LogP contribution in [-0.4, -0.2) is 30.5 Å². The molecule has 108 valence electrons. The highest BCUT2D eigenvalue weighted by atomic mass is 16.5. The van der Waals surface area contributed by atoms with Gasteiger partial charge in [0.25, 0.3) is 5.91 Å². The zero-order chi connectivity index (χ0) is 14.1. The first-order valence-electron chi connectivity index (χ1n) is 7.18. The van der Waals surface area contributed by atoms with Crippen LogP contribution in [0.15, 0.2) is 21.5 Å². The lowest BCUT2D eigenvalue weighted by molar-refractivity contribution is 0.0513. The maximum atomic E-state index is 12.5. The summed E-state index contributed by atoms with van der Waals surface area (Å²) in [4.78, 5) is 26.2. The summed E-state index contributed by atoms with van der Waals surface area (Å²) in [6, 6.07) is 1.56. The van der Waals surface area contributed by atoms with Crippen LogP contribution in [0.3, 0.4) is 0 Å². The van der Waals surface area contributed by atoms with Crippen molar-refractivity contribution in [2.45, 2.75) is 38.1 Å². The van der Waals surface area contributed by atoms with Crippen molar-refractivity contribution in [3.05, 3.63) is 28.3 Å². The Morgan fingerprint density at radius 1 is 1.35 bits per heavy atom. The van der Waals surface area contributed by atoms with Crippen LogP contribution in [0.5, 0.6) is 5.75 Å². The van der Waals surface area contributed by atoms with Gasteiger partial charge in [0.1, 0.15) is 6.26 Å². The molecule has 1 saturated heterocycles. The van der Waals surface area contributed by atoms with E-state index in [4.69, 9.17) is 9.15 Å². The number of carbonyl (C=O) groups excluding carboxylic acids is 1. The number of ether oxygens (including phenoxy) is 1. The van der Waals surface area contributed by atoms with E-state index in [1.165, 1.54) is 38.7 Å². The highest BCUT2D eigenvalue weighted by Gasteiger charge is 2.38. The van der Waals surface area contributed by atoms with Crippen molar-refractivity contribution < 1.29 is 13.9 Å². The second-order valence-electron chi connectivity index (χ2n) is 5.58. The second kappa shape index (κ2) is 5.31. The van der Waals surface area contributed by atoms with Crippen LogP contribution in [0.4, 0.5) is 0 Å². The third kappa shape index (κ3) is 2.21. The number of rotatable bonds is 2. The lowest BCUT2D eigenvalue weighted by atomic mass is 9.92. The van der Waals surface area contributed by atoms with Crippen LogP contribution >= 0.6 is 0 Å². The maximum Gasteiger partial charge on any atom is 0.289 e. The molecule has 3 rings (SSSR count). The minimum Gasteiger partial charge on any atom is -0.490 e. The van der Waals surface area contributed by atoms with Gasteiger partial charge < -0.3 is 14.1 Å². The summed E-state index contributed by atoms with van der Waals surface area (Å²) in [5.74, 6) is 0.696. The van der Waals surface area contributed by atoms with Gasteiger partial charge in [0.05, 0.1) is 7.11 Å². The zero-order valence-corrected chi connectivity index (χ0v) is 11.6. The zero-order valence-electron chi connectivity index (χ0n) is 11.6. The summed E-state index contributed by atoms with van der Waals surface area (Å²) in [5.41, 5.74) is -0.318. The van der Waals surface area contributed by atoms with Crippen LogP contribution in [0, 0.1) is 5.92 Å². The van der Waals surface area contributed by atoms with Crippen LogP contribution in [-0.2, 0) is 0 Å². The minimum absolute atomic E-state index is 0.114. The Balaban J connectivity index is 1.84. The number of nitrogens with zero attached hydrogens (tertiary/aromatic N) is 1. The van der Waals surface area contributed by atoms with Gasteiger partial charge in [-0.25, -0.2) is 0 Å². The molecule has 0 N–H and O–H groups in total. The maximum absolute atomic E-state index is 12.5. The molecule has 1 aliphatic heterocycles. The van der Waals surface area contributed by atoms with Gasteiger partial charge in [-0.05, 0) is 31.6 Å². The van der Waals surface area contributed by atoms with Gasteiger partial charge in [0.15, 0.2) is 5.76 Å². The van der Waals surface area contributed by atoms with E-state index >= 15 is 0 Å². The summed E-state index contributed by atoms with van der Waals surface area (Å²) < 4.78 is 10.1. The van der Waals surface area contributed by atoms with Crippen molar-refractivity contribution in [2.75, 3.05) is 13.7 Å². The number of methoxy groups -OCH3 is 1. The van der Waals surface area contributed by atoms with E-state index in [-0.39, 0.29) is 22.8 Å². The molecule has 1 saturated carbocycles. The Morgan fingerprint density at radius 3 is 2.90 bits per heavy atom. The first-order chi connectivity index (χ1) is 9.70. The fourth-order valence-corrected chi connectivity index (χ4v) is 3.51. The molecular weight excluding hydrogens is 258 g/mol. The predicted molar refractivity (Wildman–Crippen MR) is 72.9 cm³/mol. The standard InChI is InChI=1S/C15H19NO4/c1-19-14-9-20-13(8-12(14)17)15(18)16-7-3-5-10-4-2-6-11(10)16/h8-11H,2-7H2,1H3/t10-,11+/m0/s1. The molecular formula is C15H19NO4. The molecule has 0 bridgehead atoms. The van der Waals surface area contributed by atoms with Crippen molar-refractivity contribution in [1.82, 2.24) is 4.90 Å². The Morgan fingerprint density at radius 2 is 2.15 bits per heavy atom. The van der Waals surface area contributed by atoms with E-state index in [2.05, 4.69) is 0 Å². The number of hydrogen-bond donors (Lipinski definition) is 0. The molecule has 1 aromatic heterocycles. The number of carbonyl (C=O) groups is 1. The summed E-state index contributed by atoms with van der Waals surface area (Å²) in [7, 11) is 1.40. The fraction of sp³-hybridized carbons (Fsp3) is 0.600. The molecule has 2 atom stereocenters. The molecule has 5 nitrogen and oxygen atoms in total. The smallest absolute Gasteiger partial charge is 0.289 e. The van der Waals surface area contributed by atoms with Gasteiger partial charge in [-0.3, -0.25) is 9.59 Å². The average Bonchev–Trinajstić information content (AvgIpc) is 2.94. The Labute approximate surface area is 117 Å². The van der Waals surface area contributed by atoms with Gasteiger partial charge in [-0.15, -0.1) is 0 Å². The van der Waals surface area contributed by atoms with Gasteiger partial charge in [-0.2, -0.15) is 0 Å². The van der Waals surface area contributed by atoms with Crippen molar-refractivity contribution in [3.63, 3.8) is 0 Å². The van der Waals surface area contributed by atoms with Crippen LogP contribution < -0.4 is 10.2 Å². The highest BCUT2D eigenvalue weighted by Crippen LogP contribution is 2.37. The number of fused-ring (bicyclic) bond motifs is 1. The Kier molecular flexibility index (Phi) is 3.51. The molecule has 2 heterocycles. The third-order valence-electron chi connectivity index (χ3n) is 4.48. The van der Waals surface area contributed by atoms with Crippen molar-refractivity contribution in [3.8, 4) is 5.75 Å². The van der Waals surface area contributed by atoms with Gasteiger partial charge in [-0.1, -0.05) is 6.42 Å². The summed E-state index contributed by atoms with van der Waals surface area (Å²) in [5, 5.41) is 0. The monoisotopic (exact) mass is 277 g/mol. The van der Waals surface area contributed by atoms with Crippen molar-refractivity contribution in [1.29, 1.82) is 0 Å². The van der Waals surface area contributed by atoms with Crippen molar-refractivity contribution in [2.24, 2.45) is 5.92 Å². The SMILES string of the molecule is COc1coc(C(=O)N2CCC[C@@H]3CCC[C@H]32)cc1=O. The highest BCUT2D eigenvalue weighted by molar-refractivity contribution is 5.91. The van der Waals surface area contributed by atoms with Crippen LogP contribution in [0.2, 0.25) is 0 Å². The molecule has 20 heavy (non-hydrogen) atoms. The molecule has 0 spiro atoms. The summed E-state index contributed by atoms with van der Waals surface area (Å²) >= 11 is 0. The van der Waals surface area contributed by atoms with Crippen LogP contribution in [0.1, 0.15) is 42.7 Å². The second-order valence-corrected chi connectivity index (χ2v) is 5.58. The predicted octanol–water partition coefficient (Wildman–Crippen LogP) is 2.05. The summed E-state index contributed by atoms with van der Waals surface area (Å²) in [6.45, 7) is 0.760. The first kappa shape index (κ1) is 13.2. The minimum atomic E-state index is -0.318. The molecule has 2 aliphatic rings. The van der Waals surface area contributed by atoms with E-state index in [9.17, 15) is 9.59 Å². The van der Waals surface area contributed by atoms with Crippen molar-refractivity contribution >= 4 is 5.91 Å². The van der Waals surface area contributed by atoms with E-state index in [0.29, 0.717) is 12.0 Å². The molecule has 1 amide bonds. The molecule has 1 aromatic rings. The van der Waals surface area contributed by atoms with E-state index in [0.717, 1.165) is 19.4 Å². The lowest BCUT2D eigenvalue weighted by Crippen LogP contribution is -2.46. The number of likely N-dealkylation sites (tertiary alicyclic amines) is 1. The molecule has 5 heteroatoms. The van der Waals surface area contributed by atoms with Crippen LogP contribution in [0.25, 0.3) is 0 Å². The Bertz CT molecular complexity index is 565. The lowest BCUT2D eigenvalue weighted by Gasteiger charge is -2.37. The van der Waals surface area contributed by atoms with E-state index in [1.807, 2.05) is 4.90 Å². The Hall–Kier alpha value is -1.78. The quantitative estimate of drug-likeness (QED) is 0.830. The molecule has 1 aliphatic carbocycles. The number of amides is 1. The average molecular weight is 277 g/mol. The summed E-state index contributed by atoms with van der Waals surface area (Å²) in [6.07, 6.45) is 6.92. The van der Waals surface area contributed by atoms with E-state index in [1.54, 1.807) is 0 Å². The van der Waals surface area contributed by atoms with E-state index < -0.39 is 0 Å². The molecule has 2 fully saturated rings. The van der Waals surface area contributed by atoms with Gasteiger partial charge >= 0.3 is 0 Å². The molecule has 0 aromatic carbocycles. The van der Waals surface area contributed by atoms with Gasteiger partial charge in [0, 0.05) is 18.7 Å². The molecule has 0 unspecified atom stereocenters. The number of hydrogen-bond acceptors (Lipinski definition) is 4. The normalized spacial score (nSPS) is 25.4. The topological polar surface area (TPSA) is 59.8 Å².